The first-order valence-electron chi connectivity index (χ1n) is 5.02. The van der Waals surface area contributed by atoms with E-state index in [2.05, 4.69) is 14.7 Å². The molecule has 7 heteroatoms. The Morgan fingerprint density at radius 1 is 1.28 bits per heavy atom. The lowest BCUT2D eigenvalue weighted by Crippen LogP contribution is -2.16. The van der Waals surface area contributed by atoms with Gasteiger partial charge in [0.15, 0.2) is 0 Å². The number of aromatic nitrogens is 2. The lowest BCUT2D eigenvalue weighted by molar-refractivity contribution is 0.0692. The van der Waals surface area contributed by atoms with E-state index in [4.69, 9.17) is 5.11 Å². The third kappa shape index (κ3) is 2.51. The van der Waals surface area contributed by atoms with Crippen LogP contribution < -0.4 is 5.32 Å². The number of rotatable bonds is 3. The summed E-state index contributed by atoms with van der Waals surface area (Å²) in [5.41, 5.74) is 0.0501. The van der Waals surface area contributed by atoms with E-state index in [1.54, 1.807) is 19.1 Å². The predicted octanol–water partition coefficient (Wildman–Crippen LogP) is 1.80. The number of aryl methyl sites for hydroxylation is 1. The Hall–Kier alpha value is -2.28. The van der Waals surface area contributed by atoms with Crippen LogP contribution in [0.4, 0.5) is 5.13 Å². The van der Waals surface area contributed by atoms with Crippen molar-refractivity contribution in [1.82, 2.24) is 9.36 Å². The quantitative estimate of drug-likeness (QED) is 0.880. The largest absolute Gasteiger partial charge is 0.478 e. The molecule has 92 valence electrons. The molecule has 0 saturated carbocycles. The van der Waals surface area contributed by atoms with Crippen LogP contribution in [0.3, 0.4) is 0 Å². The molecule has 0 aliphatic rings. The Morgan fingerprint density at radius 3 is 2.50 bits per heavy atom. The van der Waals surface area contributed by atoms with Gasteiger partial charge in [-0.25, -0.2) is 9.78 Å². The summed E-state index contributed by atoms with van der Waals surface area (Å²) in [6, 6.07) is 6.00. The normalized spacial score (nSPS) is 10.1. The second-order valence-corrected chi connectivity index (χ2v) is 4.20. The molecule has 1 amide bonds. The van der Waals surface area contributed by atoms with Gasteiger partial charge in [0.2, 0.25) is 5.13 Å². The molecule has 0 unspecified atom stereocenters. The Labute approximate surface area is 106 Å². The Kier molecular flexibility index (Phi) is 3.33. The van der Waals surface area contributed by atoms with Gasteiger partial charge in [0, 0.05) is 11.5 Å². The standard InChI is InChI=1S/C11H9N3O3S/c1-6-12-11(18-14-6)13-9(15)7-4-2-3-5-8(7)10(16)17/h2-5H,1H3,(H,16,17)(H,12,13,14,15). The van der Waals surface area contributed by atoms with Gasteiger partial charge in [-0.3, -0.25) is 10.1 Å². The minimum absolute atomic E-state index is 0.0452. The van der Waals surface area contributed by atoms with Gasteiger partial charge in [-0.2, -0.15) is 4.37 Å². The molecular weight excluding hydrogens is 254 g/mol. The third-order valence-electron chi connectivity index (χ3n) is 2.15. The van der Waals surface area contributed by atoms with E-state index in [9.17, 15) is 9.59 Å². The van der Waals surface area contributed by atoms with Crippen molar-refractivity contribution in [3.05, 3.63) is 41.2 Å². The number of hydrogen-bond donors (Lipinski definition) is 2. The molecule has 2 aromatic rings. The summed E-state index contributed by atoms with van der Waals surface area (Å²) in [5.74, 6) is -1.10. The van der Waals surface area contributed by atoms with E-state index in [0.717, 1.165) is 11.5 Å². The molecule has 0 saturated heterocycles. The fourth-order valence-electron chi connectivity index (χ4n) is 1.38. The molecule has 1 aromatic carbocycles. The average Bonchev–Trinajstić information content (AvgIpc) is 2.74. The third-order valence-corrected chi connectivity index (χ3v) is 2.87. The number of amides is 1. The van der Waals surface area contributed by atoms with Crippen molar-refractivity contribution in [2.75, 3.05) is 5.32 Å². The van der Waals surface area contributed by atoms with Crippen LogP contribution in [0, 0.1) is 6.92 Å². The highest BCUT2D eigenvalue weighted by atomic mass is 32.1. The molecule has 1 heterocycles. The van der Waals surface area contributed by atoms with E-state index < -0.39 is 11.9 Å². The van der Waals surface area contributed by atoms with Crippen molar-refractivity contribution < 1.29 is 14.7 Å². The zero-order chi connectivity index (χ0) is 13.1. The van der Waals surface area contributed by atoms with Crippen LogP contribution in [0.5, 0.6) is 0 Å². The van der Waals surface area contributed by atoms with Crippen LogP contribution in [0.25, 0.3) is 0 Å². The molecule has 0 fully saturated rings. The van der Waals surface area contributed by atoms with Gasteiger partial charge < -0.3 is 5.11 Å². The summed E-state index contributed by atoms with van der Waals surface area (Å²) in [6.45, 7) is 1.71. The van der Waals surface area contributed by atoms with E-state index in [1.807, 2.05) is 0 Å². The molecule has 6 nitrogen and oxygen atoms in total. The Morgan fingerprint density at radius 2 is 1.94 bits per heavy atom. The van der Waals surface area contributed by atoms with Crippen LogP contribution in [-0.2, 0) is 0 Å². The Balaban J connectivity index is 2.26. The number of nitrogens with one attached hydrogen (secondary N) is 1. The van der Waals surface area contributed by atoms with Crippen molar-refractivity contribution in [2.24, 2.45) is 0 Å². The number of aromatic carboxylic acids is 1. The maximum atomic E-state index is 11.9. The predicted molar refractivity (Wildman–Crippen MR) is 66.0 cm³/mol. The van der Waals surface area contributed by atoms with Crippen molar-refractivity contribution in [3.8, 4) is 0 Å². The number of hydrogen-bond acceptors (Lipinski definition) is 5. The van der Waals surface area contributed by atoms with Gasteiger partial charge >= 0.3 is 5.97 Å². The number of carboxylic acid groups (broad SMARTS) is 1. The van der Waals surface area contributed by atoms with E-state index in [1.165, 1.54) is 12.1 Å². The van der Waals surface area contributed by atoms with Crippen molar-refractivity contribution in [1.29, 1.82) is 0 Å². The average molecular weight is 263 g/mol. The minimum Gasteiger partial charge on any atom is -0.478 e. The molecule has 0 bridgehead atoms. The van der Waals surface area contributed by atoms with E-state index >= 15 is 0 Å². The maximum absolute atomic E-state index is 11.9. The number of nitrogens with zero attached hydrogens (tertiary/aromatic N) is 2. The fourth-order valence-corrected chi connectivity index (χ4v) is 1.95. The van der Waals surface area contributed by atoms with Gasteiger partial charge in [0.25, 0.3) is 5.91 Å². The van der Waals surface area contributed by atoms with Gasteiger partial charge in [-0.1, -0.05) is 12.1 Å². The van der Waals surface area contributed by atoms with Gasteiger partial charge in [0.1, 0.15) is 5.82 Å². The zero-order valence-corrected chi connectivity index (χ0v) is 10.2. The molecule has 0 aliphatic carbocycles. The van der Waals surface area contributed by atoms with Crippen LogP contribution in [0.2, 0.25) is 0 Å². The lowest BCUT2D eigenvalue weighted by Gasteiger charge is -2.04. The monoisotopic (exact) mass is 263 g/mol. The van der Waals surface area contributed by atoms with Crippen LogP contribution in [-0.4, -0.2) is 26.3 Å². The second kappa shape index (κ2) is 4.92. The summed E-state index contributed by atoms with van der Waals surface area (Å²) >= 11 is 1.05. The molecule has 0 atom stereocenters. The molecule has 18 heavy (non-hydrogen) atoms. The Bertz CT molecular complexity index is 609. The highest BCUT2D eigenvalue weighted by Gasteiger charge is 2.16. The summed E-state index contributed by atoms with van der Waals surface area (Å²) in [4.78, 5) is 26.9. The number of carbonyl (C=O) groups excluding carboxylic acids is 1. The summed E-state index contributed by atoms with van der Waals surface area (Å²) < 4.78 is 3.92. The topological polar surface area (TPSA) is 92.2 Å². The molecular formula is C11H9N3O3S. The molecule has 0 spiro atoms. The second-order valence-electron chi connectivity index (χ2n) is 3.45. The highest BCUT2D eigenvalue weighted by molar-refractivity contribution is 7.09. The van der Waals surface area contributed by atoms with E-state index in [-0.39, 0.29) is 11.1 Å². The number of carboxylic acids is 1. The highest BCUT2D eigenvalue weighted by Crippen LogP contribution is 2.14. The van der Waals surface area contributed by atoms with Crippen molar-refractivity contribution in [2.45, 2.75) is 6.92 Å². The fraction of sp³-hybridized carbons (Fsp3) is 0.0909. The molecule has 1 aromatic heterocycles. The summed E-state index contributed by atoms with van der Waals surface area (Å²) in [5, 5.41) is 11.8. The minimum atomic E-state index is -1.14. The summed E-state index contributed by atoms with van der Waals surface area (Å²) in [6.07, 6.45) is 0. The maximum Gasteiger partial charge on any atom is 0.336 e. The molecule has 0 radical (unpaired) electrons. The van der Waals surface area contributed by atoms with E-state index in [0.29, 0.717) is 11.0 Å². The first-order valence-corrected chi connectivity index (χ1v) is 5.79. The number of benzene rings is 1. The van der Waals surface area contributed by atoms with Gasteiger partial charge in [-0.05, 0) is 19.1 Å². The van der Waals surface area contributed by atoms with Crippen LogP contribution >= 0.6 is 11.5 Å². The molecule has 0 aliphatic heterocycles. The van der Waals surface area contributed by atoms with Crippen LogP contribution in [0.15, 0.2) is 24.3 Å². The SMILES string of the molecule is Cc1nsc(NC(=O)c2ccccc2C(=O)O)n1. The van der Waals surface area contributed by atoms with Crippen molar-refractivity contribution >= 4 is 28.5 Å². The van der Waals surface area contributed by atoms with Crippen LogP contribution in [0.1, 0.15) is 26.5 Å². The van der Waals surface area contributed by atoms with Crippen molar-refractivity contribution in [3.63, 3.8) is 0 Å². The number of anilines is 1. The first kappa shape index (κ1) is 12.2. The lowest BCUT2D eigenvalue weighted by atomic mass is 10.1. The first-order chi connectivity index (χ1) is 8.58. The van der Waals surface area contributed by atoms with Gasteiger partial charge in [-0.15, -0.1) is 0 Å². The van der Waals surface area contributed by atoms with Gasteiger partial charge in [0.05, 0.1) is 11.1 Å². The summed E-state index contributed by atoms with van der Waals surface area (Å²) in [7, 11) is 0. The number of carbonyl (C=O) groups is 2. The molecule has 2 rings (SSSR count). The molecule has 2 N–H and O–H groups in total. The smallest absolute Gasteiger partial charge is 0.336 e. The zero-order valence-electron chi connectivity index (χ0n) is 9.38.